The van der Waals surface area contributed by atoms with Gasteiger partial charge < -0.3 is 19.5 Å². The van der Waals surface area contributed by atoms with Gasteiger partial charge in [0.2, 0.25) is 0 Å². The van der Waals surface area contributed by atoms with Crippen LogP contribution >= 0.6 is 0 Å². The summed E-state index contributed by atoms with van der Waals surface area (Å²) in [6, 6.07) is 0. The van der Waals surface area contributed by atoms with E-state index in [-0.39, 0.29) is 11.5 Å². The molecule has 2 N–H and O–H groups in total. The molecule has 38 heavy (non-hydrogen) atoms. The first-order chi connectivity index (χ1) is 18.2. The SMILES string of the molecule is C=CC(=C\C=C(C=C)\N=N\C(C=C)=C\C=C(/C=C)O[B]C(=O)O)/N=N/C(C=C)=C/C=C(\C=C)O[B]C(=O)O. The third-order valence-corrected chi connectivity index (χ3v) is 3.65. The molecule has 0 bridgehead atoms. The Bertz CT molecular complexity index is 1100. The summed E-state index contributed by atoms with van der Waals surface area (Å²) in [5.41, 5.74) is 1.45. The molecule has 0 fully saturated rings. The Morgan fingerprint density at radius 1 is 0.500 bits per heavy atom. The van der Waals surface area contributed by atoms with Gasteiger partial charge >= 0.3 is 15.0 Å². The summed E-state index contributed by atoms with van der Waals surface area (Å²) in [6.45, 7) is 21.8. The highest BCUT2D eigenvalue weighted by Crippen LogP contribution is 2.11. The molecule has 0 aromatic heterocycles. The zero-order chi connectivity index (χ0) is 28.8. The van der Waals surface area contributed by atoms with Crippen LogP contribution in [0.25, 0.3) is 0 Å². The topological polar surface area (TPSA) is 142 Å². The molecule has 192 valence electrons. The molecule has 0 saturated heterocycles. The van der Waals surface area contributed by atoms with Crippen LogP contribution < -0.4 is 0 Å². The van der Waals surface area contributed by atoms with Crippen molar-refractivity contribution in [3.05, 3.63) is 147 Å². The Balaban J connectivity index is 5.71. The fraction of sp³-hybridized carbons (Fsp3) is 0. The maximum atomic E-state index is 10.6. The van der Waals surface area contributed by atoms with E-state index in [0.29, 0.717) is 37.8 Å². The highest BCUT2D eigenvalue weighted by molar-refractivity contribution is 6.66. The molecule has 0 atom stereocenters. The molecule has 0 aliphatic rings. The van der Waals surface area contributed by atoms with Crippen LogP contribution in [-0.2, 0) is 9.31 Å². The number of hydrogen-bond donors (Lipinski definition) is 2. The van der Waals surface area contributed by atoms with Gasteiger partial charge in [0.1, 0.15) is 0 Å². The monoisotopic (exact) mass is 512 g/mol. The van der Waals surface area contributed by atoms with Crippen LogP contribution in [0.3, 0.4) is 0 Å². The van der Waals surface area contributed by atoms with Crippen LogP contribution in [0, 0.1) is 0 Å². The number of nitrogens with zero attached hydrogens (tertiary/aromatic N) is 4. The number of hydrogen-bond acceptors (Lipinski definition) is 8. The first-order valence-corrected chi connectivity index (χ1v) is 10.5. The molecular formula is C26H26B2N4O6. The van der Waals surface area contributed by atoms with E-state index in [9.17, 15) is 9.59 Å². The second kappa shape index (κ2) is 20.0. The molecule has 0 heterocycles. The zero-order valence-corrected chi connectivity index (χ0v) is 20.6. The fourth-order valence-electron chi connectivity index (χ4n) is 1.85. The van der Waals surface area contributed by atoms with Gasteiger partial charge in [-0.25, -0.2) is 0 Å². The van der Waals surface area contributed by atoms with Crippen LogP contribution in [-0.4, -0.2) is 36.9 Å². The largest absolute Gasteiger partial charge is 0.553 e. The van der Waals surface area contributed by atoms with Crippen molar-refractivity contribution >= 4 is 26.7 Å². The number of carbonyl (C=O) groups is 2. The highest BCUT2D eigenvalue weighted by atomic mass is 16.5. The van der Waals surface area contributed by atoms with Gasteiger partial charge in [-0.3, -0.25) is 9.59 Å². The first kappa shape index (κ1) is 32.7. The van der Waals surface area contributed by atoms with Crippen molar-refractivity contribution < 1.29 is 29.1 Å². The molecule has 0 aromatic carbocycles. The van der Waals surface area contributed by atoms with Crippen LogP contribution in [0.5, 0.6) is 0 Å². The maximum absolute atomic E-state index is 10.6. The lowest BCUT2D eigenvalue weighted by Gasteiger charge is -2.01. The van der Waals surface area contributed by atoms with Crippen LogP contribution in [0.15, 0.2) is 167 Å². The van der Waals surface area contributed by atoms with E-state index >= 15 is 0 Å². The van der Waals surface area contributed by atoms with Gasteiger partial charge in [-0.1, -0.05) is 39.5 Å². The smallest absolute Gasteiger partial charge is 0.510 e. The predicted molar refractivity (Wildman–Crippen MR) is 149 cm³/mol. The van der Waals surface area contributed by atoms with Crippen molar-refractivity contribution in [2.24, 2.45) is 20.5 Å². The van der Waals surface area contributed by atoms with Crippen molar-refractivity contribution in [3.8, 4) is 0 Å². The Morgan fingerprint density at radius 3 is 0.974 bits per heavy atom. The highest BCUT2D eigenvalue weighted by Gasteiger charge is 2.05. The van der Waals surface area contributed by atoms with Gasteiger partial charge in [-0.2, -0.15) is 20.5 Å². The zero-order valence-electron chi connectivity index (χ0n) is 20.6. The Hall–Kier alpha value is -5.25. The summed E-state index contributed by atoms with van der Waals surface area (Å²) in [4.78, 5) is 21.1. The fourth-order valence-corrected chi connectivity index (χ4v) is 1.85. The van der Waals surface area contributed by atoms with Crippen molar-refractivity contribution in [2.45, 2.75) is 0 Å². The average molecular weight is 512 g/mol. The second-order valence-electron chi connectivity index (χ2n) is 6.28. The van der Waals surface area contributed by atoms with Crippen molar-refractivity contribution in [3.63, 3.8) is 0 Å². The van der Waals surface area contributed by atoms with Crippen molar-refractivity contribution in [1.82, 2.24) is 0 Å². The van der Waals surface area contributed by atoms with E-state index in [2.05, 4.69) is 59.9 Å². The standard InChI is InChI=1S/C26H26B2N4O6/c1-7-19(29-31-21(9-3)15-17-23(11-5)37-27-25(33)34)13-14-20(8-2)30-32-22(10-4)16-18-24(12-6)38-28-26(35)36/h7-18H,1-6H2,(H,33,34)(H,35,36)/b19-13+,20-14+,21-15+,22-16+,23-17+,24-18+,31-29+,32-30+. The molecule has 10 nitrogen and oxygen atoms in total. The van der Waals surface area contributed by atoms with Gasteiger partial charge in [-0.05, 0) is 72.9 Å². The van der Waals surface area contributed by atoms with E-state index < -0.39 is 11.7 Å². The van der Waals surface area contributed by atoms with Gasteiger partial charge in [0, 0.05) is 0 Å². The van der Waals surface area contributed by atoms with Crippen LogP contribution in [0.4, 0.5) is 9.59 Å². The number of carboxylic acid groups (broad SMARTS) is 2. The summed E-state index contributed by atoms with van der Waals surface area (Å²) in [6.07, 6.45) is 17.5. The average Bonchev–Trinajstić information content (AvgIpc) is 2.91. The van der Waals surface area contributed by atoms with Crippen molar-refractivity contribution in [2.75, 3.05) is 0 Å². The molecule has 0 amide bonds. The van der Waals surface area contributed by atoms with Gasteiger partial charge in [0.15, 0.2) is 0 Å². The van der Waals surface area contributed by atoms with Gasteiger partial charge in [0.05, 0.1) is 34.3 Å². The summed E-state index contributed by atoms with van der Waals surface area (Å²) < 4.78 is 9.86. The normalized spacial score (nSPS) is 13.5. The molecule has 0 spiro atoms. The quantitative estimate of drug-likeness (QED) is 0.0831. The van der Waals surface area contributed by atoms with Gasteiger partial charge in [0.25, 0.3) is 11.7 Å². The molecule has 0 unspecified atom stereocenters. The minimum absolute atomic E-state index is 0.181. The van der Waals surface area contributed by atoms with Crippen molar-refractivity contribution in [1.29, 1.82) is 0 Å². The molecule has 2 radical (unpaired) electrons. The number of allylic oxidation sites excluding steroid dienone is 12. The van der Waals surface area contributed by atoms with E-state index in [4.69, 9.17) is 19.5 Å². The molecule has 0 saturated carbocycles. The van der Waals surface area contributed by atoms with E-state index in [1.165, 1.54) is 60.8 Å². The second-order valence-corrected chi connectivity index (χ2v) is 6.28. The molecular weight excluding hydrogens is 486 g/mol. The molecule has 0 aliphatic heterocycles. The van der Waals surface area contributed by atoms with Crippen LogP contribution in [0.1, 0.15) is 0 Å². The lowest BCUT2D eigenvalue weighted by Crippen LogP contribution is -2.08. The summed E-state index contributed by atoms with van der Waals surface area (Å²) in [5.74, 6) is -2.12. The number of rotatable bonds is 19. The molecule has 12 heteroatoms. The molecule has 0 aliphatic carbocycles. The van der Waals surface area contributed by atoms with E-state index in [1.54, 1.807) is 12.2 Å². The lowest BCUT2D eigenvalue weighted by atomic mass is 10.0. The third-order valence-electron chi connectivity index (χ3n) is 3.65. The maximum Gasteiger partial charge on any atom is 0.510 e. The van der Waals surface area contributed by atoms with Crippen LogP contribution in [0.2, 0.25) is 0 Å². The Labute approximate surface area is 223 Å². The molecule has 0 aromatic rings. The number of azo groups is 2. The Kier molecular flexibility index (Phi) is 17.2. The van der Waals surface area contributed by atoms with Gasteiger partial charge in [-0.15, -0.1) is 0 Å². The predicted octanol–water partition coefficient (Wildman–Crippen LogP) is 6.94. The minimum Gasteiger partial charge on any atom is -0.553 e. The molecule has 0 rings (SSSR count). The summed E-state index contributed by atoms with van der Waals surface area (Å²) >= 11 is 0. The van der Waals surface area contributed by atoms with E-state index in [0.717, 1.165) is 0 Å². The first-order valence-electron chi connectivity index (χ1n) is 10.5. The third kappa shape index (κ3) is 15.6. The Morgan fingerprint density at radius 2 is 0.763 bits per heavy atom. The van der Waals surface area contributed by atoms with E-state index in [1.807, 2.05) is 0 Å². The lowest BCUT2D eigenvalue weighted by molar-refractivity contribution is 0.214. The summed E-state index contributed by atoms with van der Waals surface area (Å²) in [7, 11) is 1.24. The minimum atomic E-state index is -1.24. The summed E-state index contributed by atoms with van der Waals surface area (Å²) in [5, 5.41) is 33.5.